The van der Waals surface area contributed by atoms with Gasteiger partial charge in [-0.25, -0.2) is 9.48 Å². The molecule has 7 heteroatoms. The number of rotatable bonds is 3. The van der Waals surface area contributed by atoms with E-state index in [0.29, 0.717) is 13.0 Å². The van der Waals surface area contributed by atoms with Crippen LogP contribution < -0.4 is 5.32 Å². The topological polar surface area (TPSA) is 97.1 Å². The summed E-state index contributed by atoms with van der Waals surface area (Å²) in [6.07, 6.45) is 2.62. The van der Waals surface area contributed by atoms with E-state index in [9.17, 15) is 9.59 Å². The average Bonchev–Trinajstić information content (AvgIpc) is 2.76. The zero-order valence-electron chi connectivity index (χ0n) is 7.88. The molecular formula is C8H10N4O3. The van der Waals surface area contributed by atoms with Gasteiger partial charge < -0.3 is 10.4 Å². The Labute approximate surface area is 85.1 Å². The number of carboxylic acid groups (broad SMARTS) is 1. The molecule has 1 saturated heterocycles. The highest BCUT2D eigenvalue weighted by atomic mass is 16.4. The number of nitrogens with one attached hydrogen (secondary N) is 1. The Bertz CT molecular complexity index is 400. The smallest absolute Gasteiger partial charge is 0.358 e. The van der Waals surface area contributed by atoms with Crippen LogP contribution in [0.5, 0.6) is 0 Å². The molecule has 1 aromatic rings. The largest absolute Gasteiger partial charge is 0.476 e. The van der Waals surface area contributed by atoms with Crippen molar-refractivity contribution in [2.45, 2.75) is 25.4 Å². The predicted octanol–water partition coefficient (Wildman–Crippen LogP) is -0.745. The maximum atomic E-state index is 10.9. The van der Waals surface area contributed by atoms with E-state index in [-0.39, 0.29) is 17.6 Å². The first kappa shape index (κ1) is 9.63. The van der Waals surface area contributed by atoms with E-state index in [1.807, 2.05) is 0 Å². The van der Waals surface area contributed by atoms with Gasteiger partial charge in [-0.3, -0.25) is 4.79 Å². The van der Waals surface area contributed by atoms with Crippen LogP contribution in [0.1, 0.15) is 23.3 Å². The molecule has 0 aliphatic carbocycles. The average molecular weight is 210 g/mol. The first-order valence-electron chi connectivity index (χ1n) is 4.58. The molecule has 0 saturated carbocycles. The molecule has 1 fully saturated rings. The van der Waals surface area contributed by atoms with Crippen LogP contribution in [0.3, 0.4) is 0 Å². The Morgan fingerprint density at radius 2 is 2.53 bits per heavy atom. The molecule has 0 aromatic carbocycles. The molecule has 1 amide bonds. The van der Waals surface area contributed by atoms with Gasteiger partial charge in [0.2, 0.25) is 5.91 Å². The van der Waals surface area contributed by atoms with Crippen LogP contribution in [-0.2, 0) is 11.3 Å². The fourth-order valence-corrected chi connectivity index (χ4v) is 1.53. The second-order valence-electron chi connectivity index (χ2n) is 3.43. The highest BCUT2D eigenvalue weighted by molar-refractivity contribution is 5.84. The van der Waals surface area contributed by atoms with Gasteiger partial charge >= 0.3 is 5.97 Å². The van der Waals surface area contributed by atoms with Gasteiger partial charge in [0.1, 0.15) is 0 Å². The van der Waals surface area contributed by atoms with E-state index in [4.69, 9.17) is 5.11 Å². The third kappa shape index (κ3) is 2.12. The van der Waals surface area contributed by atoms with Crippen molar-refractivity contribution < 1.29 is 14.7 Å². The van der Waals surface area contributed by atoms with Gasteiger partial charge in [-0.1, -0.05) is 5.21 Å². The van der Waals surface area contributed by atoms with E-state index in [1.54, 1.807) is 0 Å². The van der Waals surface area contributed by atoms with Crippen LogP contribution in [0.15, 0.2) is 6.20 Å². The van der Waals surface area contributed by atoms with E-state index in [0.717, 1.165) is 6.42 Å². The number of aromatic carboxylic acids is 1. The quantitative estimate of drug-likeness (QED) is 0.684. The number of aromatic nitrogens is 3. The summed E-state index contributed by atoms with van der Waals surface area (Å²) < 4.78 is 1.43. The van der Waals surface area contributed by atoms with Crippen molar-refractivity contribution in [2.24, 2.45) is 0 Å². The number of hydrogen-bond donors (Lipinski definition) is 2. The van der Waals surface area contributed by atoms with Crippen molar-refractivity contribution in [3.63, 3.8) is 0 Å². The summed E-state index contributed by atoms with van der Waals surface area (Å²) in [5, 5.41) is 18.5. The third-order valence-electron chi connectivity index (χ3n) is 2.25. The first-order valence-corrected chi connectivity index (χ1v) is 4.58. The van der Waals surface area contributed by atoms with Gasteiger partial charge in [0.05, 0.1) is 12.7 Å². The maximum Gasteiger partial charge on any atom is 0.358 e. The lowest BCUT2D eigenvalue weighted by molar-refractivity contribution is -0.119. The minimum absolute atomic E-state index is 0.0265. The minimum Gasteiger partial charge on any atom is -0.476 e. The molecule has 7 nitrogen and oxygen atoms in total. The number of carbonyl (C=O) groups excluding carboxylic acids is 1. The number of amides is 1. The fraction of sp³-hybridized carbons (Fsp3) is 0.500. The standard InChI is InChI=1S/C8H10N4O3/c13-7-2-1-5(9-7)3-12-4-6(8(14)15)10-11-12/h4-5H,1-3H2,(H,9,13)(H,14,15). The van der Waals surface area contributed by atoms with E-state index < -0.39 is 5.97 Å². The van der Waals surface area contributed by atoms with E-state index in [2.05, 4.69) is 15.6 Å². The molecule has 2 N–H and O–H groups in total. The fourth-order valence-electron chi connectivity index (χ4n) is 1.53. The predicted molar refractivity (Wildman–Crippen MR) is 48.1 cm³/mol. The maximum absolute atomic E-state index is 10.9. The molecule has 1 atom stereocenters. The highest BCUT2D eigenvalue weighted by Gasteiger charge is 2.21. The molecule has 1 unspecified atom stereocenters. The lowest BCUT2D eigenvalue weighted by Crippen LogP contribution is -2.29. The number of carboxylic acids is 1. The summed E-state index contributed by atoms with van der Waals surface area (Å²) in [6.45, 7) is 0.464. The van der Waals surface area contributed by atoms with Gasteiger partial charge in [-0.05, 0) is 6.42 Å². The van der Waals surface area contributed by atoms with Crippen molar-refractivity contribution in [3.8, 4) is 0 Å². The van der Waals surface area contributed by atoms with Crippen molar-refractivity contribution in [3.05, 3.63) is 11.9 Å². The molecule has 2 rings (SSSR count). The lowest BCUT2D eigenvalue weighted by Gasteiger charge is -2.08. The number of nitrogens with zero attached hydrogens (tertiary/aromatic N) is 3. The molecule has 15 heavy (non-hydrogen) atoms. The molecule has 0 radical (unpaired) electrons. The SMILES string of the molecule is O=C1CCC(Cn2cc(C(=O)O)nn2)N1. The van der Waals surface area contributed by atoms with E-state index in [1.165, 1.54) is 10.9 Å². The third-order valence-corrected chi connectivity index (χ3v) is 2.25. The number of carbonyl (C=O) groups is 2. The Morgan fingerprint density at radius 1 is 1.73 bits per heavy atom. The van der Waals surface area contributed by atoms with Gasteiger partial charge in [0, 0.05) is 12.5 Å². The second-order valence-corrected chi connectivity index (χ2v) is 3.43. The van der Waals surface area contributed by atoms with Crippen LogP contribution in [0.25, 0.3) is 0 Å². The van der Waals surface area contributed by atoms with Crippen LogP contribution in [0.2, 0.25) is 0 Å². The summed E-state index contributed by atoms with van der Waals surface area (Å²) in [5.41, 5.74) is -0.0840. The summed E-state index contributed by atoms with van der Waals surface area (Å²) in [6, 6.07) is 0.0286. The van der Waals surface area contributed by atoms with Gasteiger partial charge in [-0.15, -0.1) is 5.10 Å². The molecule has 2 heterocycles. The highest BCUT2D eigenvalue weighted by Crippen LogP contribution is 2.08. The zero-order valence-corrected chi connectivity index (χ0v) is 7.88. The van der Waals surface area contributed by atoms with Crippen LogP contribution in [0.4, 0.5) is 0 Å². The molecule has 1 aromatic heterocycles. The van der Waals surface area contributed by atoms with Crippen molar-refractivity contribution in [2.75, 3.05) is 0 Å². The molecule has 80 valence electrons. The molecular weight excluding hydrogens is 200 g/mol. The Morgan fingerprint density at radius 3 is 3.07 bits per heavy atom. The molecule has 1 aliphatic rings. The molecule has 1 aliphatic heterocycles. The summed E-state index contributed by atoms with van der Waals surface area (Å²) in [4.78, 5) is 21.4. The summed E-state index contributed by atoms with van der Waals surface area (Å²) in [7, 11) is 0. The second kappa shape index (κ2) is 3.68. The first-order chi connectivity index (χ1) is 7.15. The van der Waals surface area contributed by atoms with Crippen LogP contribution in [-0.4, -0.2) is 38.0 Å². The van der Waals surface area contributed by atoms with Crippen molar-refractivity contribution >= 4 is 11.9 Å². The zero-order chi connectivity index (χ0) is 10.8. The van der Waals surface area contributed by atoms with Gasteiger partial charge in [-0.2, -0.15) is 0 Å². The molecule has 0 bridgehead atoms. The van der Waals surface area contributed by atoms with Crippen LogP contribution in [0, 0.1) is 0 Å². The van der Waals surface area contributed by atoms with Gasteiger partial charge in [0.15, 0.2) is 5.69 Å². The monoisotopic (exact) mass is 210 g/mol. The van der Waals surface area contributed by atoms with E-state index >= 15 is 0 Å². The Kier molecular flexibility index (Phi) is 2.36. The molecule has 0 spiro atoms. The normalized spacial score (nSPS) is 20.3. The summed E-state index contributed by atoms with van der Waals surface area (Å²) >= 11 is 0. The van der Waals surface area contributed by atoms with Crippen molar-refractivity contribution in [1.82, 2.24) is 20.3 Å². The minimum atomic E-state index is -1.10. The summed E-state index contributed by atoms with van der Waals surface area (Å²) in [5.74, 6) is -1.07. The Hall–Kier alpha value is -1.92. The van der Waals surface area contributed by atoms with Gasteiger partial charge in [0.25, 0.3) is 0 Å². The Balaban J connectivity index is 1.99. The lowest BCUT2D eigenvalue weighted by atomic mass is 10.2. The van der Waals surface area contributed by atoms with Crippen molar-refractivity contribution in [1.29, 1.82) is 0 Å². The van der Waals surface area contributed by atoms with Crippen LogP contribution >= 0.6 is 0 Å². The number of hydrogen-bond acceptors (Lipinski definition) is 4.